The summed E-state index contributed by atoms with van der Waals surface area (Å²) in [5.41, 5.74) is 6.12. The molecule has 136 valence electrons. The summed E-state index contributed by atoms with van der Waals surface area (Å²) in [4.78, 5) is 23.6. The molecule has 0 unspecified atom stereocenters. The van der Waals surface area contributed by atoms with Crippen LogP contribution in [0.4, 0.5) is 10.5 Å². The summed E-state index contributed by atoms with van der Waals surface area (Å²) < 4.78 is 10.4. The molecule has 2 aromatic carbocycles. The van der Waals surface area contributed by atoms with Gasteiger partial charge in [-0.3, -0.25) is 10.2 Å². The van der Waals surface area contributed by atoms with Gasteiger partial charge in [-0.25, -0.2) is 10.2 Å². The van der Waals surface area contributed by atoms with E-state index in [0.717, 1.165) is 5.56 Å². The van der Waals surface area contributed by atoms with Crippen molar-refractivity contribution in [3.05, 3.63) is 53.1 Å². The molecule has 1 aliphatic rings. The number of rotatable bonds is 5. The lowest BCUT2D eigenvalue weighted by Crippen LogP contribution is -2.44. The van der Waals surface area contributed by atoms with Gasteiger partial charge in [0.2, 0.25) is 12.7 Å². The third-order valence-electron chi connectivity index (χ3n) is 3.39. The fourth-order valence-electron chi connectivity index (χ4n) is 2.17. The van der Waals surface area contributed by atoms with Crippen LogP contribution in [-0.4, -0.2) is 24.5 Å². The second-order valence-electron chi connectivity index (χ2n) is 5.28. The molecule has 2 aromatic rings. The van der Waals surface area contributed by atoms with E-state index in [1.807, 2.05) is 18.2 Å². The molecule has 0 radical (unpaired) electrons. The molecule has 0 fully saturated rings. The van der Waals surface area contributed by atoms with E-state index < -0.39 is 6.03 Å². The second kappa shape index (κ2) is 8.68. The molecular formula is C17H16ClN3O4S. The average Bonchev–Trinajstić information content (AvgIpc) is 3.09. The molecule has 7 nitrogen and oxygen atoms in total. The maximum absolute atomic E-state index is 11.8. The third kappa shape index (κ3) is 4.96. The number of carbonyl (C=O) groups excluding carboxylic acids is 2. The van der Waals surface area contributed by atoms with Gasteiger partial charge in [0.15, 0.2) is 11.5 Å². The van der Waals surface area contributed by atoms with E-state index in [9.17, 15) is 9.59 Å². The van der Waals surface area contributed by atoms with E-state index in [1.54, 1.807) is 24.3 Å². The Kier molecular flexibility index (Phi) is 6.08. The lowest BCUT2D eigenvalue weighted by molar-refractivity contribution is -0.119. The van der Waals surface area contributed by atoms with Gasteiger partial charge in [-0.05, 0) is 23.8 Å². The number of benzene rings is 2. The zero-order valence-electron chi connectivity index (χ0n) is 13.6. The lowest BCUT2D eigenvalue weighted by Gasteiger charge is -2.09. The highest BCUT2D eigenvalue weighted by Crippen LogP contribution is 2.34. The fraction of sp³-hybridized carbons (Fsp3) is 0.176. The molecule has 1 aliphatic heterocycles. The summed E-state index contributed by atoms with van der Waals surface area (Å²) in [7, 11) is 0. The summed E-state index contributed by atoms with van der Waals surface area (Å²) in [6.45, 7) is 0.160. The van der Waals surface area contributed by atoms with E-state index in [2.05, 4.69) is 16.2 Å². The lowest BCUT2D eigenvalue weighted by atomic mass is 10.2. The van der Waals surface area contributed by atoms with Crippen LogP contribution in [0.1, 0.15) is 5.56 Å². The van der Waals surface area contributed by atoms with E-state index in [4.69, 9.17) is 21.1 Å². The normalized spacial score (nSPS) is 11.7. The van der Waals surface area contributed by atoms with Crippen molar-refractivity contribution in [2.45, 2.75) is 5.75 Å². The monoisotopic (exact) mass is 393 g/mol. The van der Waals surface area contributed by atoms with E-state index in [-0.39, 0.29) is 18.5 Å². The van der Waals surface area contributed by atoms with Gasteiger partial charge in [-0.2, -0.15) is 0 Å². The van der Waals surface area contributed by atoms with Crippen LogP contribution in [0.5, 0.6) is 11.5 Å². The zero-order chi connectivity index (χ0) is 18.4. The molecule has 0 bridgehead atoms. The number of amides is 3. The summed E-state index contributed by atoms with van der Waals surface area (Å²) in [5, 5.41) is 3.26. The van der Waals surface area contributed by atoms with Crippen LogP contribution in [0.3, 0.4) is 0 Å². The summed E-state index contributed by atoms with van der Waals surface area (Å²) in [6, 6.07) is 11.9. The Hall–Kier alpha value is -2.58. The molecule has 9 heteroatoms. The first-order valence-corrected chi connectivity index (χ1v) is 9.22. The van der Waals surface area contributed by atoms with Crippen molar-refractivity contribution >= 4 is 41.0 Å². The zero-order valence-corrected chi connectivity index (χ0v) is 15.2. The highest BCUT2D eigenvalue weighted by molar-refractivity contribution is 7.99. The number of thioether (sulfide) groups is 1. The van der Waals surface area contributed by atoms with Crippen LogP contribution >= 0.6 is 23.4 Å². The van der Waals surface area contributed by atoms with Crippen LogP contribution < -0.4 is 25.6 Å². The minimum absolute atomic E-state index is 0.160. The average molecular weight is 394 g/mol. The number of nitrogens with one attached hydrogen (secondary N) is 3. The van der Waals surface area contributed by atoms with Gasteiger partial charge in [-0.1, -0.05) is 29.8 Å². The first-order valence-electron chi connectivity index (χ1n) is 7.68. The molecule has 3 amide bonds. The van der Waals surface area contributed by atoms with E-state index in [1.165, 1.54) is 11.8 Å². The molecule has 3 rings (SSSR count). The van der Waals surface area contributed by atoms with Crippen molar-refractivity contribution in [3.8, 4) is 11.5 Å². The first-order chi connectivity index (χ1) is 12.6. The van der Waals surface area contributed by atoms with Crippen molar-refractivity contribution < 1.29 is 19.1 Å². The molecule has 0 saturated carbocycles. The molecule has 0 spiro atoms. The van der Waals surface area contributed by atoms with Gasteiger partial charge in [0.25, 0.3) is 0 Å². The number of urea groups is 1. The second-order valence-corrected chi connectivity index (χ2v) is 6.67. The largest absolute Gasteiger partial charge is 0.454 e. The molecule has 1 heterocycles. The van der Waals surface area contributed by atoms with Crippen LogP contribution in [0.15, 0.2) is 42.5 Å². The number of hydrazine groups is 1. The summed E-state index contributed by atoms with van der Waals surface area (Å²) in [5.74, 6) is 1.66. The number of halogens is 1. The third-order valence-corrected chi connectivity index (χ3v) is 4.74. The number of fused-ring (bicyclic) bond motifs is 1. The predicted molar refractivity (Wildman–Crippen MR) is 100 cm³/mol. The Labute approximate surface area is 159 Å². The molecule has 0 saturated heterocycles. The van der Waals surface area contributed by atoms with Gasteiger partial charge in [-0.15, -0.1) is 11.8 Å². The molecule has 0 aromatic heterocycles. The van der Waals surface area contributed by atoms with Crippen molar-refractivity contribution in [1.29, 1.82) is 0 Å². The van der Waals surface area contributed by atoms with Gasteiger partial charge >= 0.3 is 6.03 Å². The quantitative estimate of drug-likeness (QED) is 0.679. The van der Waals surface area contributed by atoms with Gasteiger partial charge < -0.3 is 14.8 Å². The smallest absolute Gasteiger partial charge is 0.337 e. The number of carbonyl (C=O) groups is 2. The summed E-state index contributed by atoms with van der Waals surface area (Å²) in [6.07, 6.45) is 0. The van der Waals surface area contributed by atoms with Crippen LogP contribution in [-0.2, 0) is 10.5 Å². The number of anilines is 1. The Balaban J connectivity index is 1.37. The highest BCUT2D eigenvalue weighted by atomic mass is 35.5. The first kappa shape index (κ1) is 18.2. The summed E-state index contributed by atoms with van der Waals surface area (Å²) >= 11 is 7.46. The van der Waals surface area contributed by atoms with Gasteiger partial charge in [0.1, 0.15) is 0 Å². The SMILES string of the molecule is O=C(CSCc1ccccc1Cl)NNC(=O)Nc1ccc2c(c1)OCO2. The minimum Gasteiger partial charge on any atom is -0.454 e. The highest BCUT2D eigenvalue weighted by Gasteiger charge is 2.14. The van der Waals surface area contributed by atoms with Crippen molar-refractivity contribution in [2.24, 2.45) is 0 Å². The van der Waals surface area contributed by atoms with E-state index >= 15 is 0 Å². The maximum Gasteiger partial charge on any atom is 0.337 e. The molecule has 3 N–H and O–H groups in total. The van der Waals surface area contributed by atoms with E-state index in [0.29, 0.717) is 28.0 Å². The van der Waals surface area contributed by atoms with Crippen molar-refractivity contribution in [2.75, 3.05) is 17.9 Å². The Morgan fingerprint density at radius 3 is 2.73 bits per heavy atom. The predicted octanol–water partition coefficient (Wildman–Crippen LogP) is 3.15. The Morgan fingerprint density at radius 2 is 1.88 bits per heavy atom. The molecular weight excluding hydrogens is 378 g/mol. The van der Waals surface area contributed by atoms with Crippen LogP contribution in [0.25, 0.3) is 0 Å². The number of hydrogen-bond donors (Lipinski definition) is 3. The molecule has 26 heavy (non-hydrogen) atoms. The number of hydrogen-bond acceptors (Lipinski definition) is 5. The Morgan fingerprint density at radius 1 is 1.08 bits per heavy atom. The fourth-order valence-corrected chi connectivity index (χ4v) is 3.28. The van der Waals surface area contributed by atoms with Crippen molar-refractivity contribution in [1.82, 2.24) is 10.9 Å². The molecule has 0 aliphatic carbocycles. The standard InChI is InChI=1S/C17H16ClN3O4S/c18-13-4-2-1-3-11(13)8-26-9-16(22)20-21-17(23)19-12-5-6-14-15(7-12)25-10-24-14/h1-7H,8-10H2,(H,20,22)(H2,19,21,23). The minimum atomic E-state index is -0.562. The van der Waals surface area contributed by atoms with Gasteiger partial charge in [0, 0.05) is 22.5 Å². The van der Waals surface area contributed by atoms with Crippen molar-refractivity contribution in [3.63, 3.8) is 0 Å². The van der Waals surface area contributed by atoms with Crippen LogP contribution in [0, 0.1) is 0 Å². The van der Waals surface area contributed by atoms with Crippen LogP contribution in [0.2, 0.25) is 5.02 Å². The maximum atomic E-state index is 11.8. The molecule has 0 atom stereocenters. The Bertz CT molecular complexity index is 818. The number of ether oxygens (including phenoxy) is 2. The van der Waals surface area contributed by atoms with Gasteiger partial charge in [0.05, 0.1) is 5.75 Å². The topological polar surface area (TPSA) is 88.7 Å².